The average Bonchev–Trinajstić information content (AvgIpc) is 2.53. The molecule has 0 fully saturated rings. The van der Waals surface area contributed by atoms with E-state index in [-0.39, 0.29) is 0 Å². The van der Waals surface area contributed by atoms with Crippen molar-refractivity contribution >= 4 is 0 Å². The Hall–Kier alpha value is -1.78. The van der Waals surface area contributed by atoms with Crippen LogP contribution < -0.4 is 0 Å². The van der Waals surface area contributed by atoms with Crippen molar-refractivity contribution in [2.75, 3.05) is 0 Å². The molecule has 12 heavy (non-hydrogen) atoms. The molecule has 0 aliphatic rings. The molecule has 0 aliphatic carbocycles. The lowest BCUT2D eigenvalue weighted by Crippen LogP contribution is -1.97. The largest absolute Gasteiger partial charge is 0.265 e. The minimum absolute atomic E-state index is 0.644. The molecule has 5 heteroatoms. The van der Waals surface area contributed by atoms with Gasteiger partial charge in [0.05, 0.1) is 0 Å². The summed E-state index contributed by atoms with van der Waals surface area (Å²) in [6, 6.07) is 1.86. The molecule has 0 aromatic carbocycles. The lowest BCUT2D eigenvalue weighted by molar-refractivity contribution is 0.768. The highest BCUT2D eigenvalue weighted by molar-refractivity contribution is 5.47. The molecule has 0 N–H and O–H groups in total. The van der Waals surface area contributed by atoms with E-state index in [0.717, 1.165) is 5.69 Å². The van der Waals surface area contributed by atoms with Crippen LogP contribution in [0.15, 0.2) is 24.9 Å². The maximum atomic E-state index is 4.01. The van der Waals surface area contributed by atoms with Gasteiger partial charge < -0.3 is 0 Å². The van der Waals surface area contributed by atoms with Gasteiger partial charge in [-0.05, 0) is 6.07 Å². The van der Waals surface area contributed by atoms with Crippen LogP contribution in [-0.2, 0) is 7.05 Å². The number of nitrogens with zero attached hydrogens (tertiary/aromatic N) is 5. The molecule has 0 saturated carbocycles. The summed E-state index contributed by atoms with van der Waals surface area (Å²) in [5, 5.41) is 4.01. The van der Waals surface area contributed by atoms with Gasteiger partial charge in [0.15, 0.2) is 5.82 Å². The molecule has 60 valence electrons. The third kappa shape index (κ3) is 1.05. The van der Waals surface area contributed by atoms with E-state index in [9.17, 15) is 0 Å². The Morgan fingerprint density at radius 1 is 1.25 bits per heavy atom. The standard InChI is InChI=1S/C7H7N5/c1-12-6(2-3-11-12)7-9-4-8-5-10-7/h2-5H,1H3. The lowest BCUT2D eigenvalue weighted by atomic mass is 10.4. The van der Waals surface area contributed by atoms with E-state index < -0.39 is 0 Å². The van der Waals surface area contributed by atoms with E-state index in [1.165, 1.54) is 12.7 Å². The van der Waals surface area contributed by atoms with E-state index in [1.54, 1.807) is 10.9 Å². The van der Waals surface area contributed by atoms with Crippen LogP contribution in [0.2, 0.25) is 0 Å². The Labute approximate surface area is 69.1 Å². The highest BCUT2D eigenvalue weighted by atomic mass is 15.3. The van der Waals surface area contributed by atoms with Crippen LogP contribution in [0.5, 0.6) is 0 Å². The highest BCUT2D eigenvalue weighted by Gasteiger charge is 2.02. The van der Waals surface area contributed by atoms with Gasteiger partial charge in [-0.15, -0.1) is 0 Å². The molecule has 2 aromatic heterocycles. The molecule has 0 amide bonds. The van der Waals surface area contributed by atoms with Gasteiger partial charge in [0.1, 0.15) is 18.3 Å². The Morgan fingerprint density at radius 3 is 2.58 bits per heavy atom. The number of hydrogen-bond acceptors (Lipinski definition) is 4. The molecule has 0 bridgehead atoms. The first-order valence-electron chi connectivity index (χ1n) is 3.48. The molecule has 0 unspecified atom stereocenters. The van der Waals surface area contributed by atoms with Crippen molar-refractivity contribution in [1.29, 1.82) is 0 Å². The normalized spacial score (nSPS) is 10.1. The zero-order chi connectivity index (χ0) is 8.39. The summed E-state index contributed by atoms with van der Waals surface area (Å²) < 4.78 is 1.72. The average molecular weight is 161 g/mol. The Balaban J connectivity index is 2.51. The minimum Gasteiger partial charge on any atom is -0.265 e. The van der Waals surface area contributed by atoms with Crippen molar-refractivity contribution in [3.05, 3.63) is 24.9 Å². The van der Waals surface area contributed by atoms with Crippen LogP contribution in [0.1, 0.15) is 0 Å². The molecule has 2 heterocycles. The summed E-state index contributed by atoms with van der Waals surface area (Å²) in [7, 11) is 1.85. The van der Waals surface area contributed by atoms with Gasteiger partial charge in [-0.2, -0.15) is 5.10 Å². The molecule has 2 aromatic rings. The molecule has 0 atom stereocenters. The molecule has 0 spiro atoms. The van der Waals surface area contributed by atoms with Crippen molar-refractivity contribution in [2.45, 2.75) is 0 Å². The number of aromatic nitrogens is 5. The van der Waals surface area contributed by atoms with Crippen LogP contribution in [0.25, 0.3) is 11.5 Å². The number of hydrogen-bond donors (Lipinski definition) is 0. The summed E-state index contributed by atoms with van der Waals surface area (Å²) in [5.74, 6) is 0.644. The Kier molecular flexibility index (Phi) is 1.55. The van der Waals surface area contributed by atoms with Gasteiger partial charge in [0, 0.05) is 13.2 Å². The molecule has 0 saturated heterocycles. The van der Waals surface area contributed by atoms with Crippen LogP contribution in [0.4, 0.5) is 0 Å². The molecular formula is C7H7N5. The van der Waals surface area contributed by atoms with Crippen LogP contribution in [0.3, 0.4) is 0 Å². The fourth-order valence-corrected chi connectivity index (χ4v) is 0.965. The first-order chi connectivity index (χ1) is 5.88. The highest BCUT2D eigenvalue weighted by Crippen LogP contribution is 2.09. The molecule has 0 radical (unpaired) electrons. The second-order valence-electron chi connectivity index (χ2n) is 2.30. The Morgan fingerprint density at radius 2 is 2.00 bits per heavy atom. The van der Waals surface area contributed by atoms with E-state index in [0.29, 0.717) is 5.82 Å². The van der Waals surface area contributed by atoms with E-state index in [4.69, 9.17) is 0 Å². The fraction of sp³-hybridized carbons (Fsp3) is 0.143. The van der Waals surface area contributed by atoms with Crippen LogP contribution in [-0.4, -0.2) is 24.7 Å². The zero-order valence-electron chi connectivity index (χ0n) is 6.55. The number of aryl methyl sites for hydroxylation is 1. The minimum atomic E-state index is 0.644. The molecule has 0 aliphatic heterocycles. The van der Waals surface area contributed by atoms with Crippen molar-refractivity contribution in [1.82, 2.24) is 24.7 Å². The van der Waals surface area contributed by atoms with Crippen LogP contribution in [0, 0.1) is 0 Å². The van der Waals surface area contributed by atoms with Crippen molar-refractivity contribution in [2.24, 2.45) is 7.05 Å². The van der Waals surface area contributed by atoms with Gasteiger partial charge in [-0.1, -0.05) is 0 Å². The monoisotopic (exact) mass is 161 g/mol. The van der Waals surface area contributed by atoms with Gasteiger partial charge in [-0.25, -0.2) is 15.0 Å². The predicted octanol–water partition coefficient (Wildman–Crippen LogP) is 0.272. The second-order valence-corrected chi connectivity index (χ2v) is 2.30. The first kappa shape index (κ1) is 6.90. The van der Waals surface area contributed by atoms with Crippen molar-refractivity contribution in [3.8, 4) is 11.5 Å². The van der Waals surface area contributed by atoms with Crippen molar-refractivity contribution < 1.29 is 0 Å². The molecular weight excluding hydrogens is 154 g/mol. The molecule has 2 rings (SSSR count). The van der Waals surface area contributed by atoms with Crippen molar-refractivity contribution in [3.63, 3.8) is 0 Å². The summed E-state index contributed by atoms with van der Waals surface area (Å²) in [6.07, 6.45) is 4.64. The summed E-state index contributed by atoms with van der Waals surface area (Å²) in [6.45, 7) is 0. The maximum Gasteiger partial charge on any atom is 0.180 e. The SMILES string of the molecule is Cn1nccc1-c1ncncn1. The summed E-state index contributed by atoms with van der Waals surface area (Å²) >= 11 is 0. The summed E-state index contributed by atoms with van der Waals surface area (Å²) in [5.41, 5.74) is 0.886. The van der Waals surface area contributed by atoms with Crippen LogP contribution >= 0.6 is 0 Å². The summed E-state index contributed by atoms with van der Waals surface area (Å²) in [4.78, 5) is 11.7. The van der Waals surface area contributed by atoms with E-state index in [2.05, 4.69) is 20.1 Å². The van der Waals surface area contributed by atoms with E-state index in [1.807, 2.05) is 13.1 Å². The third-order valence-electron chi connectivity index (χ3n) is 1.54. The van der Waals surface area contributed by atoms with Gasteiger partial charge in [0.2, 0.25) is 0 Å². The van der Waals surface area contributed by atoms with Gasteiger partial charge >= 0.3 is 0 Å². The Bertz CT molecular complexity index is 366. The maximum absolute atomic E-state index is 4.01. The lowest BCUT2D eigenvalue weighted by Gasteiger charge is -1.97. The smallest absolute Gasteiger partial charge is 0.180 e. The van der Waals surface area contributed by atoms with Gasteiger partial charge in [-0.3, -0.25) is 4.68 Å². The second kappa shape index (κ2) is 2.69. The topological polar surface area (TPSA) is 56.5 Å². The fourth-order valence-electron chi connectivity index (χ4n) is 0.965. The third-order valence-corrected chi connectivity index (χ3v) is 1.54. The predicted molar refractivity (Wildman–Crippen MR) is 42.0 cm³/mol. The number of rotatable bonds is 1. The first-order valence-corrected chi connectivity index (χ1v) is 3.48. The van der Waals surface area contributed by atoms with E-state index >= 15 is 0 Å². The zero-order valence-corrected chi connectivity index (χ0v) is 6.55. The molecule has 5 nitrogen and oxygen atoms in total. The quantitative estimate of drug-likeness (QED) is 0.602. The van der Waals surface area contributed by atoms with Gasteiger partial charge in [0.25, 0.3) is 0 Å².